The normalized spacial score (nSPS) is 10.5. The van der Waals surface area contributed by atoms with Crippen LogP contribution in [0.25, 0.3) is 22.8 Å². The predicted octanol–water partition coefficient (Wildman–Crippen LogP) is 1.94. The van der Waals surface area contributed by atoms with Gasteiger partial charge in [0.25, 0.3) is 0 Å². The lowest BCUT2D eigenvalue weighted by Crippen LogP contribution is -2.04. The third-order valence-corrected chi connectivity index (χ3v) is 2.88. The zero-order valence-electron chi connectivity index (χ0n) is 10.7. The van der Waals surface area contributed by atoms with Crippen molar-refractivity contribution in [2.45, 2.75) is 0 Å². The number of aromatic nitrogens is 4. The van der Waals surface area contributed by atoms with Crippen LogP contribution in [0, 0.1) is 0 Å². The molecule has 0 aliphatic rings. The van der Waals surface area contributed by atoms with Crippen molar-refractivity contribution in [2.24, 2.45) is 0 Å². The van der Waals surface area contributed by atoms with Crippen LogP contribution in [-0.2, 0) is 0 Å². The van der Waals surface area contributed by atoms with Crippen molar-refractivity contribution in [3.63, 3.8) is 0 Å². The highest BCUT2D eigenvalue weighted by molar-refractivity contribution is 5.94. The van der Waals surface area contributed by atoms with E-state index in [1.165, 1.54) is 18.3 Å². The highest BCUT2D eigenvalue weighted by Crippen LogP contribution is 2.26. The van der Waals surface area contributed by atoms with Crippen LogP contribution in [-0.4, -0.2) is 36.3 Å². The lowest BCUT2D eigenvalue weighted by molar-refractivity contribution is 0.0697. The zero-order chi connectivity index (χ0) is 14.8. The van der Waals surface area contributed by atoms with Crippen LogP contribution < -0.4 is 0 Å². The molecule has 104 valence electrons. The van der Waals surface area contributed by atoms with Gasteiger partial charge < -0.3 is 10.2 Å². The maximum Gasteiger partial charge on any atom is 0.339 e. The molecule has 21 heavy (non-hydrogen) atoms. The number of nitrogens with one attached hydrogen (secondary N) is 1. The first kappa shape index (κ1) is 12.8. The van der Waals surface area contributed by atoms with Gasteiger partial charge in [-0.2, -0.15) is 5.10 Å². The van der Waals surface area contributed by atoms with Crippen molar-refractivity contribution in [3.05, 3.63) is 48.3 Å². The summed E-state index contributed by atoms with van der Waals surface area (Å²) in [6.45, 7) is 0. The number of nitrogens with zero attached hydrogens (tertiary/aromatic N) is 3. The van der Waals surface area contributed by atoms with Gasteiger partial charge in [-0.05, 0) is 18.2 Å². The van der Waals surface area contributed by atoms with Crippen molar-refractivity contribution < 1.29 is 15.0 Å². The number of hydrogen-bond donors (Lipinski definition) is 3. The van der Waals surface area contributed by atoms with Crippen LogP contribution >= 0.6 is 0 Å². The molecule has 0 saturated heterocycles. The Morgan fingerprint density at radius 1 is 1.24 bits per heavy atom. The summed E-state index contributed by atoms with van der Waals surface area (Å²) in [7, 11) is 0. The first-order valence-electron chi connectivity index (χ1n) is 6.04. The number of aromatic hydroxyl groups is 1. The van der Waals surface area contributed by atoms with Gasteiger partial charge in [-0.1, -0.05) is 12.1 Å². The van der Waals surface area contributed by atoms with Crippen LogP contribution in [0.2, 0.25) is 0 Å². The molecule has 2 heterocycles. The first-order chi connectivity index (χ1) is 10.1. The summed E-state index contributed by atoms with van der Waals surface area (Å²) in [4.78, 5) is 19.6. The molecule has 0 aliphatic carbocycles. The Balaban J connectivity index is 2.20. The Labute approximate surface area is 118 Å². The summed E-state index contributed by atoms with van der Waals surface area (Å²) in [6.07, 6.45) is 2.79. The third kappa shape index (κ3) is 2.44. The summed E-state index contributed by atoms with van der Waals surface area (Å²) >= 11 is 0. The highest BCUT2D eigenvalue weighted by Gasteiger charge is 2.16. The second kappa shape index (κ2) is 5.04. The first-order valence-corrected chi connectivity index (χ1v) is 6.04. The topological polar surface area (TPSA) is 112 Å². The average molecular weight is 282 g/mol. The Bertz CT molecular complexity index is 800. The van der Waals surface area contributed by atoms with E-state index in [2.05, 4.69) is 20.2 Å². The van der Waals surface area contributed by atoms with Gasteiger partial charge in [-0.3, -0.25) is 5.10 Å². The number of aromatic carboxylic acids is 1. The molecule has 0 fully saturated rings. The molecule has 0 bridgehead atoms. The summed E-state index contributed by atoms with van der Waals surface area (Å²) in [5, 5.41) is 25.3. The molecule has 0 spiro atoms. The minimum absolute atomic E-state index is 0.0329. The lowest BCUT2D eigenvalue weighted by Gasteiger charge is -2.07. The molecule has 1 aromatic carbocycles. The Kier molecular flexibility index (Phi) is 3.07. The smallest absolute Gasteiger partial charge is 0.339 e. The predicted molar refractivity (Wildman–Crippen MR) is 73.7 cm³/mol. The van der Waals surface area contributed by atoms with Crippen LogP contribution in [0.15, 0.2) is 42.7 Å². The molecule has 0 amide bonds. The number of H-pyrrole nitrogens is 1. The van der Waals surface area contributed by atoms with Crippen molar-refractivity contribution in [2.75, 3.05) is 0 Å². The van der Waals surface area contributed by atoms with Crippen molar-refractivity contribution in [3.8, 4) is 28.5 Å². The fraction of sp³-hybridized carbons (Fsp3) is 0. The van der Waals surface area contributed by atoms with Crippen LogP contribution in [0.5, 0.6) is 5.75 Å². The molecule has 3 N–H and O–H groups in total. The number of carbonyl (C=O) groups is 1. The monoisotopic (exact) mass is 282 g/mol. The fourth-order valence-electron chi connectivity index (χ4n) is 1.92. The molecule has 2 aromatic heterocycles. The van der Waals surface area contributed by atoms with E-state index in [1.54, 1.807) is 24.4 Å². The molecular formula is C14H10N4O3. The number of rotatable bonds is 3. The summed E-state index contributed by atoms with van der Waals surface area (Å²) < 4.78 is 0. The number of aromatic amines is 1. The van der Waals surface area contributed by atoms with Crippen LogP contribution in [0.3, 0.4) is 0 Å². The molecule has 3 aromatic rings. The summed E-state index contributed by atoms with van der Waals surface area (Å²) in [6, 6.07) is 7.92. The standard InChI is InChI=1S/C14H10N4O3/c19-9-3-1-2-8(6-9)12-10(14(20)21)7-15-13(17-12)11-4-5-16-18-11/h1-7,19H,(H,16,18)(H,20,21). The van der Waals surface area contributed by atoms with Gasteiger partial charge in [-0.25, -0.2) is 14.8 Å². The largest absolute Gasteiger partial charge is 0.508 e. The van der Waals surface area contributed by atoms with E-state index >= 15 is 0 Å². The molecule has 7 nitrogen and oxygen atoms in total. The van der Waals surface area contributed by atoms with E-state index < -0.39 is 5.97 Å². The van der Waals surface area contributed by atoms with Gasteiger partial charge in [0, 0.05) is 18.0 Å². The molecule has 0 saturated carbocycles. The lowest BCUT2D eigenvalue weighted by atomic mass is 10.1. The van der Waals surface area contributed by atoms with E-state index in [4.69, 9.17) is 0 Å². The number of benzene rings is 1. The maximum atomic E-state index is 11.3. The van der Waals surface area contributed by atoms with Crippen molar-refractivity contribution in [1.82, 2.24) is 20.2 Å². The van der Waals surface area contributed by atoms with E-state index in [1.807, 2.05) is 0 Å². The Morgan fingerprint density at radius 2 is 2.10 bits per heavy atom. The number of phenolic OH excluding ortho intramolecular Hbond substituents is 1. The van der Waals surface area contributed by atoms with E-state index in [-0.39, 0.29) is 17.0 Å². The minimum atomic E-state index is -1.13. The second-order valence-electron chi connectivity index (χ2n) is 4.28. The SMILES string of the molecule is O=C(O)c1cnc(-c2ccn[nH]2)nc1-c1cccc(O)c1. The van der Waals surface area contributed by atoms with Gasteiger partial charge in [0.1, 0.15) is 17.0 Å². The Hall–Kier alpha value is -3.22. The van der Waals surface area contributed by atoms with Gasteiger partial charge >= 0.3 is 5.97 Å². The number of phenols is 1. The quantitative estimate of drug-likeness (QED) is 0.676. The minimum Gasteiger partial charge on any atom is -0.508 e. The fourth-order valence-corrected chi connectivity index (χ4v) is 1.92. The van der Waals surface area contributed by atoms with E-state index in [0.717, 1.165) is 0 Å². The molecular weight excluding hydrogens is 272 g/mol. The van der Waals surface area contributed by atoms with Crippen LogP contribution in [0.1, 0.15) is 10.4 Å². The maximum absolute atomic E-state index is 11.3. The van der Waals surface area contributed by atoms with Crippen LogP contribution in [0.4, 0.5) is 0 Å². The average Bonchev–Trinajstić information content (AvgIpc) is 3.00. The number of carboxylic acids is 1. The highest BCUT2D eigenvalue weighted by atomic mass is 16.4. The van der Waals surface area contributed by atoms with Gasteiger partial charge in [0.05, 0.1) is 5.69 Å². The summed E-state index contributed by atoms with van der Waals surface area (Å²) in [5.74, 6) is -0.772. The molecule has 0 aliphatic heterocycles. The molecule has 0 atom stereocenters. The molecule has 0 unspecified atom stereocenters. The van der Waals surface area contributed by atoms with Gasteiger partial charge in [0.15, 0.2) is 5.82 Å². The molecule has 0 radical (unpaired) electrons. The number of carboxylic acid groups (broad SMARTS) is 1. The number of hydrogen-bond acceptors (Lipinski definition) is 5. The molecule has 3 rings (SSSR count). The second-order valence-corrected chi connectivity index (χ2v) is 4.28. The van der Waals surface area contributed by atoms with Crippen molar-refractivity contribution in [1.29, 1.82) is 0 Å². The van der Waals surface area contributed by atoms with E-state index in [9.17, 15) is 15.0 Å². The third-order valence-electron chi connectivity index (χ3n) is 2.88. The zero-order valence-corrected chi connectivity index (χ0v) is 10.7. The van der Waals surface area contributed by atoms with Gasteiger partial charge in [0.2, 0.25) is 0 Å². The summed E-state index contributed by atoms with van der Waals surface area (Å²) in [5.41, 5.74) is 1.27. The Morgan fingerprint density at radius 3 is 2.76 bits per heavy atom. The van der Waals surface area contributed by atoms with Crippen molar-refractivity contribution >= 4 is 5.97 Å². The van der Waals surface area contributed by atoms with E-state index in [0.29, 0.717) is 17.1 Å². The van der Waals surface area contributed by atoms with Gasteiger partial charge in [-0.15, -0.1) is 0 Å². The molecule has 7 heteroatoms.